The minimum absolute atomic E-state index is 0.192. The first kappa shape index (κ1) is 23.8. The van der Waals surface area contributed by atoms with Crippen molar-refractivity contribution in [1.82, 2.24) is 9.88 Å². The lowest BCUT2D eigenvalue weighted by Crippen LogP contribution is -2.30. The van der Waals surface area contributed by atoms with Crippen LogP contribution in [0.4, 0.5) is 5.69 Å². The number of aromatic nitrogens is 1. The van der Waals surface area contributed by atoms with Gasteiger partial charge in [0, 0.05) is 38.2 Å². The SMILES string of the molecule is CCOc1ccc(N2C(=O)/C(=C/c3cn(Cc4ccc(Br)cc4)c4ccc(Br)cc34)NC2=S)cc1. The Hall–Kier alpha value is -2.94. The summed E-state index contributed by atoms with van der Waals surface area (Å²) in [5.74, 6) is 0.560. The number of ether oxygens (including phenoxy) is 1. The van der Waals surface area contributed by atoms with Gasteiger partial charge in [-0.05, 0) is 85.4 Å². The predicted molar refractivity (Wildman–Crippen MR) is 152 cm³/mol. The number of nitrogens with zero attached hydrogens (tertiary/aromatic N) is 2. The largest absolute Gasteiger partial charge is 0.494 e. The number of rotatable bonds is 6. The number of fused-ring (bicyclic) bond motifs is 1. The van der Waals surface area contributed by atoms with Crippen LogP contribution in [0.5, 0.6) is 5.75 Å². The molecule has 0 atom stereocenters. The van der Waals surface area contributed by atoms with Gasteiger partial charge >= 0.3 is 0 Å². The number of amides is 1. The number of benzene rings is 3. The molecule has 0 unspecified atom stereocenters. The van der Waals surface area contributed by atoms with E-state index in [9.17, 15) is 4.79 Å². The summed E-state index contributed by atoms with van der Waals surface area (Å²) < 4.78 is 9.72. The average Bonchev–Trinajstić information content (AvgIpc) is 3.31. The number of thiocarbonyl (C=S) groups is 1. The fourth-order valence-corrected chi connectivity index (χ4v) is 5.04. The molecule has 0 spiro atoms. The molecule has 1 aliphatic heterocycles. The van der Waals surface area contributed by atoms with Gasteiger partial charge in [0.05, 0.1) is 12.3 Å². The van der Waals surface area contributed by atoms with Crippen molar-refractivity contribution in [3.8, 4) is 5.75 Å². The van der Waals surface area contributed by atoms with Crippen LogP contribution in [0.2, 0.25) is 0 Å². The van der Waals surface area contributed by atoms with E-state index in [0.29, 0.717) is 29.6 Å². The number of halogens is 2. The van der Waals surface area contributed by atoms with E-state index in [1.807, 2.05) is 55.5 Å². The number of nitrogens with one attached hydrogen (secondary N) is 1. The molecule has 1 aromatic heterocycles. The van der Waals surface area contributed by atoms with E-state index in [2.05, 4.69) is 72.2 Å². The molecule has 0 radical (unpaired) electrons. The van der Waals surface area contributed by atoms with Gasteiger partial charge in [0.15, 0.2) is 5.11 Å². The minimum atomic E-state index is -0.192. The summed E-state index contributed by atoms with van der Waals surface area (Å²) in [7, 11) is 0. The first-order valence-electron chi connectivity index (χ1n) is 11.1. The summed E-state index contributed by atoms with van der Waals surface area (Å²) in [6, 6.07) is 21.8. The molecule has 35 heavy (non-hydrogen) atoms. The minimum Gasteiger partial charge on any atom is -0.494 e. The predicted octanol–water partition coefficient (Wildman–Crippen LogP) is 6.88. The van der Waals surface area contributed by atoms with E-state index in [1.54, 1.807) is 0 Å². The molecule has 4 aromatic rings. The molecule has 5 nitrogen and oxygen atoms in total. The van der Waals surface area contributed by atoms with Crippen molar-refractivity contribution in [1.29, 1.82) is 0 Å². The van der Waals surface area contributed by atoms with E-state index in [0.717, 1.165) is 31.2 Å². The van der Waals surface area contributed by atoms with Crippen molar-refractivity contribution in [2.24, 2.45) is 0 Å². The summed E-state index contributed by atoms with van der Waals surface area (Å²) in [5, 5.41) is 4.49. The Morgan fingerprint density at radius 3 is 2.43 bits per heavy atom. The highest BCUT2D eigenvalue weighted by molar-refractivity contribution is 9.10. The Morgan fingerprint density at radius 2 is 1.71 bits per heavy atom. The van der Waals surface area contributed by atoms with Gasteiger partial charge in [-0.25, -0.2) is 0 Å². The third-order valence-corrected chi connectivity index (χ3v) is 7.03. The van der Waals surface area contributed by atoms with Crippen LogP contribution in [-0.4, -0.2) is 22.2 Å². The van der Waals surface area contributed by atoms with Crippen LogP contribution in [0.1, 0.15) is 18.1 Å². The van der Waals surface area contributed by atoms with Gasteiger partial charge in [-0.3, -0.25) is 9.69 Å². The molecular weight excluding hydrogens is 590 g/mol. The van der Waals surface area contributed by atoms with Crippen molar-refractivity contribution < 1.29 is 9.53 Å². The molecule has 0 aliphatic carbocycles. The zero-order valence-electron chi connectivity index (χ0n) is 18.8. The van der Waals surface area contributed by atoms with Gasteiger partial charge in [-0.15, -0.1) is 0 Å². The summed E-state index contributed by atoms with van der Waals surface area (Å²) >= 11 is 12.6. The highest BCUT2D eigenvalue weighted by Crippen LogP contribution is 2.30. The van der Waals surface area contributed by atoms with Crippen molar-refractivity contribution >= 4 is 77.8 Å². The van der Waals surface area contributed by atoms with Gasteiger partial charge in [0.1, 0.15) is 11.4 Å². The Balaban J connectivity index is 1.49. The van der Waals surface area contributed by atoms with Gasteiger partial charge in [0.2, 0.25) is 0 Å². The van der Waals surface area contributed by atoms with Crippen LogP contribution >= 0.6 is 44.1 Å². The number of hydrogen-bond acceptors (Lipinski definition) is 3. The first-order chi connectivity index (χ1) is 16.9. The molecule has 1 saturated heterocycles. The Labute approximate surface area is 225 Å². The molecule has 176 valence electrons. The molecule has 1 fully saturated rings. The maximum atomic E-state index is 13.3. The number of anilines is 1. The number of carbonyl (C=O) groups is 1. The zero-order valence-corrected chi connectivity index (χ0v) is 22.8. The molecule has 0 bridgehead atoms. The van der Waals surface area contributed by atoms with Crippen molar-refractivity contribution in [2.75, 3.05) is 11.5 Å². The number of carbonyl (C=O) groups excluding carboxylic acids is 1. The van der Waals surface area contributed by atoms with Crippen LogP contribution in [0.15, 0.2) is 87.6 Å². The molecule has 5 rings (SSSR count). The molecule has 1 aliphatic rings. The van der Waals surface area contributed by atoms with Crippen LogP contribution in [0.3, 0.4) is 0 Å². The fourth-order valence-electron chi connectivity index (χ4n) is 4.11. The normalized spacial score (nSPS) is 14.7. The highest BCUT2D eigenvalue weighted by atomic mass is 79.9. The fraction of sp³-hybridized carbons (Fsp3) is 0.111. The summed E-state index contributed by atoms with van der Waals surface area (Å²) in [6.45, 7) is 3.23. The van der Waals surface area contributed by atoms with Crippen molar-refractivity contribution in [3.05, 3.63) is 98.7 Å². The first-order valence-corrected chi connectivity index (χ1v) is 13.0. The topological polar surface area (TPSA) is 46.5 Å². The summed E-state index contributed by atoms with van der Waals surface area (Å²) in [5.41, 5.74) is 4.33. The molecular formula is C27H21Br2N3O2S. The molecule has 2 heterocycles. The summed E-state index contributed by atoms with van der Waals surface area (Å²) in [6.07, 6.45) is 3.94. The van der Waals surface area contributed by atoms with Gasteiger partial charge in [0.25, 0.3) is 5.91 Å². The second-order valence-corrected chi connectivity index (χ2v) is 10.3. The van der Waals surface area contributed by atoms with Crippen LogP contribution in [0, 0.1) is 0 Å². The second-order valence-electron chi connectivity index (χ2n) is 8.06. The van der Waals surface area contributed by atoms with E-state index in [1.165, 1.54) is 10.5 Å². The molecule has 0 saturated carbocycles. The number of hydrogen-bond donors (Lipinski definition) is 1. The van der Waals surface area contributed by atoms with E-state index >= 15 is 0 Å². The lowest BCUT2D eigenvalue weighted by Gasteiger charge is -2.14. The lowest BCUT2D eigenvalue weighted by atomic mass is 10.1. The smallest absolute Gasteiger partial charge is 0.281 e. The average molecular weight is 611 g/mol. The Kier molecular flexibility index (Phi) is 6.77. The van der Waals surface area contributed by atoms with Gasteiger partial charge < -0.3 is 14.6 Å². The maximum Gasteiger partial charge on any atom is 0.281 e. The standard InChI is InChI=1S/C27H21Br2N3O2S/c1-2-34-22-10-8-21(9-11-22)32-26(33)24(30-27(32)35)13-18-16-31(15-17-3-5-19(28)6-4-17)25-12-7-20(29)14-23(18)25/h3-14,16H,2,15H2,1H3,(H,30,35)/b24-13-. The van der Waals surface area contributed by atoms with Gasteiger partial charge in [-0.1, -0.05) is 44.0 Å². The van der Waals surface area contributed by atoms with Crippen molar-refractivity contribution in [2.45, 2.75) is 13.5 Å². The third-order valence-electron chi connectivity index (χ3n) is 5.72. The van der Waals surface area contributed by atoms with Gasteiger partial charge in [-0.2, -0.15) is 0 Å². The third kappa shape index (κ3) is 4.91. The maximum absolute atomic E-state index is 13.3. The molecule has 3 aromatic carbocycles. The van der Waals surface area contributed by atoms with E-state index in [-0.39, 0.29) is 5.91 Å². The Bertz CT molecular complexity index is 1460. The molecule has 8 heteroatoms. The van der Waals surface area contributed by atoms with Crippen LogP contribution < -0.4 is 15.0 Å². The van der Waals surface area contributed by atoms with Crippen molar-refractivity contribution in [3.63, 3.8) is 0 Å². The van der Waals surface area contributed by atoms with E-state index < -0.39 is 0 Å². The second kappa shape index (κ2) is 9.97. The van der Waals surface area contributed by atoms with Crippen LogP contribution in [0.25, 0.3) is 17.0 Å². The zero-order chi connectivity index (χ0) is 24.5. The summed E-state index contributed by atoms with van der Waals surface area (Å²) in [4.78, 5) is 14.8. The quantitative estimate of drug-likeness (QED) is 0.191. The molecule has 1 amide bonds. The monoisotopic (exact) mass is 609 g/mol. The van der Waals surface area contributed by atoms with Crippen LogP contribution in [-0.2, 0) is 11.3 Å². The lowest BCUT2D eigenvalue weighted by molar-refractivity contribution is -0.113. The Morgan fingerprint density at radius 1 is 1.00 bits per heavy atom. The molecule has 1 N–H and O–H groups in total. The van der Waals surface area contributed by atoms with E-state index in [4.69, 9.17) is 17.0 Å². The highest BCUT2D eigenvalue weighted by Gasteiger charge is 2.32.